The lowest BCUT2D eigenvalue weighted by atomic mass is 10.1. The maximum Gasteiger partial charge on any atom is 0.289 e. The second kappa shape index (κ2) is 7.94. The van der Waals surface area contributed by atoms with Crippen LogP contribution in [0.25, 0.3) is 0 Å². The average Bonchev–Trinajstić information content (AvgIpc) is 3.24. The number of rotatable bonds is 5. The van der Waals surface area contributed by atoms with Crippen LogP contribution >= 0.6 is 11.3 Å². The fourth-order valence-electron chi connectivity index (χ4n) is 3.21. The molecular weight excluding hydrogens is 372 g/mol. The number of amides is 1. The fraction of sp³-hybridized carbons (Fsp3) is 0.500. The smallest absolute Gasteiger partial charge is 0.289 e. The van der Waals surface area contributed by atoms with Gasteiger partial charge >= 0.3 is 0 Å². The van der Waals surface area contributed by atoms with Crippen LogP contribution in [0, 0.1) is 0 Å². The Morgan fingerprint density at radius 3 is 2.77 bits per heavy atom. The summed E-state index contributed by atoms with van der Waals surface area (Å²) < 4.78 is 30.9. The summed E-state index contributed by atoms with van der Waals surface area (Å²) in [5.74, 6) is -0.142. The van der Waals surface area contributed by atoms with E-state index in [1.165, 1.54) is 31.1 Å². The molecule has 1 aliphatic rings. The van der Waals surface area contributed by atoms with Gasteiger partial charge in [0.05, 0.1) is 0 Å². The maximum absolute atomic E-state index is 13.0. The lowest BCUT2D eigenvalue weighted by Crippen LogP contribution is -2.41. The van der Waals surface area contributed by atoms with E-state index in [9.17, 15) is 13.2 Å². The van der Waals surface area contributed by atoms with Gasteiger partial charge in [-0.3, -0.25) is 4.79 Å². The van der Waals surface area contributed by atoms with Crippen LogP contribution in [0.1, 0.15) is 41.1 Å². The Morgan fingerprint density at radius 1 is 1.27 bits per heavy atom. The van der Waals surface area contributed by atoms with Crippen molar-refractivity contribution >= 4 is 27.3 Å². The van der Waals surface area contributed by atoms with Crippen LogP contribution in [0.15, 0.2) is 39.2 Å². The number of carbonyl (C=O) groups is 1. The zero-order chi connectivity index (χ0) is 18.7. The molecule has 2 aromatic rings. The third-order valence-electron chi connectivity index (χ3n) is 4.68. The summed E-state index contributed by atoms with van der Waals surface area (Å²) in [6.45, 7) is 0.672. The molecule has 0 N–H and O–H groups in total. The molecule has 1 unspecified atom stereocenters. The van der Waals surface area contributed by atoms with Crippen LogP contribution in [-0.2, 0) is 16.4 Å². The number of sulfonamides is 1. The van der Waals surface area contributed by atoms with Crippen LogP contribution < -0.4 is 0 Å². The highest BCUT2D eigenvalue weighted by Crippen LogP contribution is 2.25. The van der Waals surface area contributed by atoms with Gasteiger partial charge in [0.2, 0.25) is 5.09 Å². The molecule has 6 nitrogen and oxygen atoms in total. The first-order valence-corrected chi connectivity index (χ1v) is 11.1. The van der Waals surface area contributed by atoms with Crippen molar-refractivity contribution in [1.29, 1.82) is 0 Å². The lowest BCUT2D eigenvalue weighted by Gasteiger charge is -2.29. The van der Waals surface area contributed by atoms with Gasteiger partial charge in [-0.25, -0.2) is 12.7 Å². The third kappa shape index (κ3) is 4.02. The van der Waals surface area contributed by atoms with Gasteiger partial charge in [0.1, 0.15) is 0 Å². The average molecular weight is 397 g/mol. The molecule has 0 spiro atoms. The Kier molecular flexibility index (Phi) is 5.84. The molecule has 1 saturated heterocycles. The SMILES string of the molecule is CN(C)S(=O)(=O)c1ccc(C(=O)N2CCCCCC2Cc2cccs2)o1. The van der Waals surface area contributed by atoms with Crippen molar-refractivity contribution in [3.63, 3.8) is 0 Å². The second-order valence-corrected chi connectivity index (χ2v) is 9.81. The summed E-state index contributed by atoms with van der Waals surface area (Å²) in [6.07, 6.45) is 4.93. The number of hydrogen-bond acceptors (Lipinski definition) is 5. The zero-order valence-corrected chi connectivity index (χ0v) is 16.7. The predicted octanol–water partition coefficient (Wildman–Crippen LogP) is 3.22. The Labute approximate surface area is 158 Å². The van der Waals surface area contributed by atoms with E-state index >= 15 is 0 Å². The van der Waals surface area contributed by atoms with E-state index in [1.807, 2.05) is 16.3 Å². The molecular formula is C18H24N2O4S2. The Morgan fingerprint density at radius 2 is 2.08 bits per heavy atom. The van der Waals surface area contributed by atoms with Crippen molar-refractivity contribution in [3.05, 3.63) is 40.3 Å². The van der Waals surface area contributed by atoms with Crippen molar-refractivity contribution in [2.24, 2.45) is 0 Å². The molecule has 26 heavy (non-hydrogen) atoms. The van der Waals surface area contributed by atoms with Gasteiger partial charge in [-0.05, 0) is 36.4 Å². The largest absolute Gasteiger partial charge is 0.438 e. The lowest BCUT2D eigenvalue weighted by molar-refractivity contribution is 0.0644. The van der Waals surface area contributed by atoms with E-state index in [2.05, 4.69) is 6.07 Å². The number of hydrogen-bond donors (Lipinski definition) is 0. The van der Waals surface area contributed by atoms with Crippen LogP contribution in [0.4, 0.5) is 0 Å². The first kappa shape index (κ1) is 19.1. The minimum atomic E-state index is -3.68. The monoisotopic (exact) mass is 396 g/mol. The van der Waals surface area contributed by atoms with E-state index in [1.54, 1.807) is 11.3 Å². The molecule has 1 atom stereocenters. The quantitative estimate of drug-likeness (QED) is 0.778. The van der Waals surface area contributed by atoms with E-state index < -0.39 is 10.0 Å². The van der Waals surface area contributed by atoms with Gasteiger partial charge in [-0.15, -0.1) is 11.3 Å². The molecule has 3 heterocycles. The zero-order valence-electron chi connectivity index (χ0n) is 15.1. The standard InChI is InChI=1S/C18H24N2O4S2/c1-19(2)26(22,23)17-10-9-16(24-17)18(21)20-11-5-3-4-7-14(20)13-15-8-6-12-25-15/h6,8-10,12,14H,3-5,7,11,13H2,1-2H3. The van der Waals surface area contributed by atoms with Gasteiger partial charge in [0.25, 0.3) is 15.9 Å². The fourth-order valence-corrected chi connectivity index (χ4v) is 4.79. The molecule has 0 bridgehead atoms. The molecule has 1 fully saturated rings. The highest BCUT2D eigenvalue weighted by atomic mass is 32.2. The number of nitrogens with zero attached hydrogens (tertiary/aromatic N) is 2. The van der Waals surface area contributed by atoms with Gasteiger partial charge in [-0.1, -0.05) is 18.9 Å². The highest BCUT2D eigenvalue weighted by Gasteiger charge is 2.30. The molecule has 3 rings (SSSR count). The number of carbonyl (C=O) groups excluding carboxylic acids is 1. The summed E-state index contributed by atoms with van der Waals surface area (Å²) in [6, 6.07) is 7.05. The summed E-state index contributed by atoms with van der Waals surface area (Å²) in [7, 11) is -0.813. The van der Waals surface area contributed by atoms with Crippen molar-refractivity contribution in [2.75, 3.05) is 20.6 Å². The number of furan rings is 1. The van der Waals surface area contributed by atoms with Crippen molar-refractivity contribution in [2.45, 2.75) is 43.2 Å². The van der Waals surface area contributed by atoms with E-state index in [0.29, 0.717) is 6.54 Å². The predicted molar refractivity (Wildman–Crippen MR) is 101 cm³/mol. The first-order valence-electron chi connectivity index (χ1n) is 8.75. The third-order valence-corrected chi connectivity index (χ3v) is 7.27. The summed E-state index contributed by atoms with van der Waals surface area (Å²) in [5, 5.41) is 1.85. The second-order valence-electron chi connectivity index (χ2n) is 6.69. The molecule has 8 heteroatoms. The summed E-state index contributed by atoms with van der Waals surface area (Å²) in [4.78, 5) is 16.1. The minimum absolute atomic E-state index is 0.0866. The number of thiophene rings is 1. The summed E-state index contributed by atoms with van der Waals surface area (Å²) in [5.41, 5.74) is 0. The Hall–Kier alpha value is -1.64. The van der Waals surface area contributed by atoms with Gasteiger partial charge < -0.3 is 9.32 Å². The van der Waals surface area contributed by atoms with E-state index in [0.717, 1.165) is 36.4 Å². The van der Waals surface area contributed by atoms with Crippen LogP contribution in [0.2, 0.25) is 0 Å². The molecule has 142 valence electrons. The first-order chi connectivity index (χ1) is 12.4. The van der Waals surface area contributed by atoms with Crippen LogP contribution in [-0.4, -0.2) is 50.2 Å². The van der Waals surface area contributed by atoms with Gasteiger partial charge in [-0.2, -0.15) is 0 Å². The van der Waals surface area contributed by atoms with Crippen molar-refractivity contribution in [1.82, 2.24) is 9.21 Å². The molecule has 1 aliphatic heterocycles. The molecule has 2 aromatic heterocycles. The molecule has 1 amide bonds. The van der Waals surface area contributed by atoms with Gasteiger partial charge in [0.15, 0.2) is 5.76 Å². The van der Waals surface area contributed by atoms with Crippen molar-refractivity contribution in [3.8, 4) is 0 Å². The molecule has 0 radical (unpaired) electrons. The molecule has 0 saturated carbocycles. The number of likely N-dealkylation sites (tertiary alicyclic amines) is 1. The molecule has 0 aromatic carbocycles. The van der Waals surface area contributed by atoms with Crippen LogP contribution in [0.5, 0.6) is 0 Å². The van der Waals surface area contributed by atoms with E-state index in [4.69, 9.17) is 4.42 Å². The Balaban J connectivity index is 1.83. The topological polar surface area (TPSA) is 70.8 Å². The Bertz CT molecular complexity index is 840. The van der Waals surface area contributed by atoms with E-state index in [-0.39, 0.29) is 22.8 Å². The van der Waals surface area contributed by atoms with Crippen LogP contribution in [0.3, 0.4) is 0 Å². The maximum atomic E-state index is 13.0. The molecule has 0 aliphatic carbocycles. The normalized spacial score (nSPS) is 18.9. The van der Waals surface area contributed by atoms with Crippen molar-refractivity contribution < 1.29 is 17.6 Å². The highest BCUT2D eigenvalue weighted by molar-refractivity contribution is 7.88. The minimum Gasteiger partial charge on any atom is -0.438 e. The summed E-state index contributed by atoms with van der Waals surface area (Å²) >= 11 is 1.70. The van der Waals surface area contributed by atoms with Gasteiger partial charge in [0, 0.05) is 38.0 Å².